The quantitative estimate of drug-likeness (QED) is 0.504. The Bertz CT molecular complexity index is 169. The van der Waals surface area contributed by atoms with Gasteiger partial charge in [0.05, 0.1) is 6.10 Å². The summed E-state index contributed by atoms with van der Waals surface area (Å²) < 4.78 is 5.78. The number of nitrogens with one attached hydrogen (secondary N) is 1. The third-order valence-corrected chi connectivity index (χ3v) is 3.44. The van der Waals surface area contributed by atoms with Gasteiger partial charge in [0.25, 0.3) is 0 Å². The first-order valence-electron chi connectivity index (χ1n) is 6.26. The van der Waals surface area contributed by atoms with E-state index in [1.54, 1.807) is 0 Å². The van der Waals surface area contributed by atoms with Gasteiger partial charge in [-0.25, -0.2) is 0 Å². The highest BCUT2D eigenvalue weighted by molar-refractivity contribution is 4.83. The maximum Gasteiger partial charge on any atom is 0.0764 e. The Morgan fingerprint density at radius 1 is 1.40 bits per heavy atom. The summed E-state index contributed by atoms with van der Waals surface area (Å²) in [4.78, 5) is 0. The zero-order valence-electron chi connectivity index (χ0n) is 10.3. The van der Waals surface area contributed by atoms with Crippen molar-refractivity contribution in [1.29, 1.82) is 0 Å². The molecule has 0 aromatic rings. The molecule has 1 aliphatic rings. The summed E-state index contributed by atoms with van der Waals surface area (Å²) in [7, 11) is 0. The van der Waals surface area contributed by atoms with Crippen LogP contribution in [-0.2, 0) is 4.74 Å². The van der Waals surface area contributed by atoms with Gasteiger partial charge in [0.2, 0.25) is 0 Å². The van der Waals surface area contributed by atoms with E-state index in [1.165, 1.54) is 25.7 Å². The lowest BCUT2D eigenvalue weighted by Gasteiger charge is -2.35. The van der Waals surface area contributed by atoms with Crippen molar-refractivity contribution in [3.8, 4) is 0 Å². The molecule has 1 rings (SSSR count). The molecule has 2 unspecified atom stereocenters. The fraction of sp³-hybridized carbons (Fsp3) is 1.00. The molecule has 0 aromatic carbocycles. The van der Waals surface area contributed by atoms with E-state index in [1.807, 2.05) is 6.92 Å². The molecule has 1 aliphatic carbocycles. The van der Waals surface area contributed by atoms with E-state index < -0.39 is 0 Å². The van der Waals surface area contributed by atoms with E-state index >= 15 is 0 Å². The fourth-order valence-electron chi connectivity index (χ4n) is 2.35. The van der Waals surface area contributed by atoms with Gasteiger partial charge in [0.1, 0.15) is 0 Å². The van der Waals surface area contributed by atoms with E-state index in [0.29, 0.717) is 12.0 Å². The Hall–Kier alpha value is -0.120. The molecule has 90 valence electrons. The fourth-order valence-corrected chi connectivity index (χ4v) is 2.35. The Balaban J connectivity index is 2.43. The molecule has 1 fully saturated rings. The first kappa shape index (κ1) is 12.9. The summed E-state index contributed by atoms with van der Waals surface area (Å²) in [5.41, 5.74) is 2.94. The van der Waals surface area contributed by atoms with E-state index in [2.05, 4.69) is 19.3 Å². The monoisotopic (exact) mass is 214 g/mol. The van der Waals surface area contributed by atoms with Crippen molar-refractivity contribution >= 4 is 0 Å². The van der Waals surface area contributed by atoms with E-state index in [0.717, 1.165) is 12.5 Å². The van der Waals surface area contributed by atoms with Crippen molar-refractivity contribution in [2.24, 2.45) is 17.7 Å². The molecular weight excluding hydrogens is 188 g/mol. The van der Waals surface area contributed by atoms with Crippen LogP contribution in [0.5, 0.6) is 0 Å². The second-order valence-electron chi connectivity index (χ2n) is 4.97. The van der Waals surface area contributed by atoms with E-state index in [-0.39, 0.29) is 6.10 Å². The van der Waals surface area contributed by atoms with Crippen molar-refractivity contribution < 1.29 is 4.74 Å². The van der Waals surface area contributed by atoms with E-state index in [4.69, 9.17) is 10.6 Å². The van der Waals surface area contributed by atoms with Crippen molar-refractivity contribution in [3.63, 3.8) is 0 Å². The molecule has 1 saturated carbocycles. The van der Waals surface area contributed by atoms with Crippen LogP contribution in [0.3, 0.4) is 0 Å². The number of nitrogens with two attached hydrogens (primary N) is 1. The highest BCUT2D eigenvalue weighted by Crippen LogP contribution is 2.32. The lowest BCUT2D eigenvalue weighted by atomic mass is 9.79. The van der Waals surface area contributed by atoms with Crippen molar-refractivity contribution in [3.05, 3.63) is 0 Å². The lowest BCUT2D eigenvalue weighted by molar-refractivity contribution is -0.00563. The van der Waals surface area contributed by atoms with Crippen molar-refractivity contribution in [1.82, 2.24) is 5.43 Å². The minimum absolute atomic E-state index is 0.251. The summed E-state index contributed by atoms with van der Waals surface area (Å²) >= 11 is 0. The van der Waals surface area contributed by atoms with Crippen LogP contribution in [0.4, 0.5) is 0 Å². The van der Waals surface area contributed by atoms with Crippen molar-refractivity contribution in [2.75, 3.05) is 6.61 Å². The largest absolute Gasteiger partial charge is 0.377 e. The number of rotatable bonds is 7. The molecule has 0 aliphatic heterocycles. The summed E-state index contributed by atoms with van der Waals surface area (Å²) in [5, 5.41) is 0. The highest BCUT2D eigenvalue weighted by Gasteiger charge is 2.29. The molecule has 3 nitrogen and oxygen atoms in total. The summed E-state index contributed by atoms with van der Waals surface area (Å²) in [6, 6.07) is 0.315. The third-order valence-electron chi connectivity index (χ3n) is 3.44. The highest BCUT2D eigenvalue weighted by atomic mass is 16.5. The van der Waals surface area contributed by atoms with Crippen LogP contribution >= 0.6 is 0 Å². The van der Waals surface area contributed by atoms with E-state index in [9.17, 15) is 0 Å². The molecule has 2 atom stereocenters. The van der Waals surface area contributed by atoms with Crippen LogP contribution in [0.25, 0.3) is 0 Å². The first-order valence-corrected chi connectivity index (χ1v) is 6.26. The summed E-state index contributed by atoms with van der Waals surface area (Å²) in [6.07, 6.45) is 5.55. The normalized spacial score (nSPS) is 21.4. The molecule has 3 N–H and O–H groups in total. The smallest absolute Gasteiger partial charge is 0.0764 e. The van der Waals surface area contributed by atoms with Crippen LogP contribution < -0.4 is 11.3 Å². The van der Waals surface area contributed by atoms with Gasteiger partial charge in [-0.15, -0.1) is 0 Å². The maximum absolute atomic E-state index is 5.78. The predicted molar refractivity (Wildman–Crippen MR) is 63.3 cm³/mol. The number of hydrogen-bond donors (Lipinski definition) is 2. The van der Waals surface area contributed by atoms with Crippen molar-refractivity contribution in [2.45, 2.75) is 58.6 Å². The van der Waals surface area contributed by atoms with Crippen LogP contribution in [0.2, 0.25) is 0 Å². The molecule has 0 spiro atoms. The van der Waals surface area contributed by atoms with Gasteiger partial charge in [-0.2, -0.15) is 0 Å². The maximum atomic E-state index is 5.78. The predicted octanol–water partition coefficient (Wildman–Crippen LogP) is 2.07. The second kappa shape index (κ2) is 6.46. The van der Waals surface area contributed by atoms with Crippen LogP contribution in [0.1, 0.15) is 46.5 Å². The zero-order chi connectivity index (χ0) is 11.3. The SMILES string of the molecule is CCOC(C(C)C)C(CC1CCC1)NN. The van der Waals surface area contributed by atoms with Gasteiger partial charge in [-0.3, -0.25) is 11.3 Å². The Kier molecular flexibility index (Phi) is 5.58. The average Bonchev–Trinajstić information content (AvgIpc) is 2.14. The Morgan fingerprint density at radius 3 is 2.40 bits per heavy atom. The Labute approximate surface area is 93.7 Å². The number of ether oxygens (including phenoxy) is 1. The first-order chi connectivity index (χ1) is 7.19. The molecular formula is C12H26N2O. The second-order valence-corrected chi connectivity index (χ2v) is 4.97. The summed E-state index contributed by atoms with van der Waals surface area (Å²) in [6.45, 7) is 7.22. The van der Waals surface area contributed by atoms with Gasteiger partial charge in [0.15, 0.2) is 0 Å². The Morgan fingerprint density at radius 2 is 2.07 bits per heavy atom. The van der Waals surface area contributed by atoms with Gasteiger partial charge >= 0.3 is 0 Å². The topological polar surface area (TPSA) is 47.3 Å². The average molecular weight is 214 g/mol. The van der Waals surface area contributed by atoms with Crippen LogP contribution in [-0.4, -0.2) is 18.8 Å². The molecule has 0 amide bonds. The van der Waals surface area contributed by atoms with Crippen LogP contribution in [0, 0.1) is 11.8 Å². The standard InChI is InChI=1S/C12H26N2O/c1-4-15-12(9(2)3)11(14-13)8-10-6-5-7-10/h9-12,14H,4-8,13H2,1-3H3. The van der Waals surface area contributed by atoms with Gasteiger partial charge in [0, 0.05) is 12.6 Å². The minimum Gasteiger partial charge on any atom is -0.377 e. The molecule has 15 heavy (non-hydrogen) atoms. The molecule has 3 heteroatoms. The summed E-state index contributed by atoms with van der Waals surface area (Å²) in [5.74, 6) is 7.03. The number of hydrazine groups is 1. The van der Waals surface area contributed by atoms with Gasteiger partial charge in [-0.05, 0) is 25.2 Å². The van der Waals surface area contributed by atoms with Gasteiger partial charge < -0.3 is 4.74 Å². The molecule has 0 radical (unpaired) electrons. The third kappa shape index (κ3) is 3.74. The molecule has 0 saturated heterocycles. The molecule has 0 heterocycles. The molecule has 0 bridgehead atoms. The molecule has 0 aromatic heterocycles. The van der Waals surface area contributed by atoms with Crippen LogP contribution in [0.15, 0.2) is 0 Å². The minimum atomic E-state index is 0.251. The lowest BCUT2D eigenvalue weighted by Crippen LogP contribution is -2.49. The number of hydrogen-bond acceptors (Lipinski definition) is 3. The zero-order valence-corrected chi connectivity index (χ0v) is 10.3. The van der Waals surface area contributed by atoms with Gasteiger partial charge in [-0.1, -0.05) is 33.1 Å².